The molecule has 2 aliphatic rings. The van der Waals surface area contributed by atoms with Gasteiger partial charge in [-0.3, -0.25) is 0 Å². The number of benzene rings is 9. The fourth-order valence-electron chi connectivity index (χ4n) is 10.3. The largest absolute Gasteiger partial charge is 0.457 e. The Morgan fingerprint density at radius 1 is 0.344 bits per heavy atom. The third kappa shape index (κ3) is 5.46. The molecule has 11 aromatic rings. The van der Waals surface area contributed by atoms with Crippen LogP contribution in [0.1, 0.15) is 22.3 Å². The highest BCUT2D eigenvalue weighted by molar-refractivity contribution is 6.19. The zero-order chi connectivity index (χ0) is 42.2. The molecule has 0 saturated heterocycles. The molecule has 4 heteroatoms. The first-order chi connectivity index (χ1) is 31.7. The van der Waals surface area contributed by atoms with Gasteiger partial charge in [0.2, 0.25) is 0 Å². The van der Waals surface area contributed by atoms with Crippen LogP contribution in [0.2, 0.25) is 0 Å². The second kappa shape index (κ2) is 14.3. The molecule has 1 aliphatic carbocycles. The van der Waals surface area contributed by atoms with Gasteiger partial charge in [0.25, 0.3) is 0 Å². The van der Waals surface area contributed by atoms with Crippen LogP contribution in [-0.2, 0) is 5.41 Å². The molecule has 2 aromatic heterocycles. The standard InChI is InChI=1S/C60H37N3O/c1-4-16-39(17-5-1)52-37-53(63-59(62-52)42-20-8-3-9-21-42)40-30-28-38(29-31-40)43-32-34-47-46(36-43)57-50(60(47)48-23-11-14-26-54(48)64-55-27-15-12-24-49(55)60)35-33-45-56(57)44-22-10-13-25-51(44)61-58(45)41-18-6-2-7-19-41/h1-37H. The first-order valence-corrected chi connectivity index (χ1v) is 21.8. The summed E-state index contributed by atoms with van der Waals surface area (Å²) in [5.74, 6) is 2.45. The minimum atomic E-state index is -0.621. The van der Waals surface area contributed by atoms with Crippen molar-refractivity contribution in [3.8, 4) is 78.9 Å². The van der Waals surface area contributed by atoms with Crippen LogP contribution in [0.15, 0.2) is 224 Å². The number of para-hydroxylation sites is 3. The first kappa shape index (κ1) is 36.2. The third-order valence-electron chi connectivity index (χ3n) is 13.2. The number of rotatable bonds is 5. The van der Waals surface area contributed by atoms with E-state index in [9.17, 15) is 0 Å². The second-order valence-electron chi connectivity index (χ2n) is 16.6. The Morgan fingerprint density at radius 3 is 1.56 bits per heavy atom. The van der Waals surface area contributed by atoms with Gasteiger partial charge in [-0.25, -0.2) is 15.0 Å². The molecule has 0 unspecified atom stereocenters. The number of hydrogen-bond acceptors (Lipinski definition) is 4. The maximum absolute atomic E-state index is 6.72. The SMILES string of the molecule is c1ccc(-c2cc(-c3ccc(-c4ccc5c(c4)-c4c(ccc6c(-c7ccccc7)nc7ccccc7c46)C54c5ccccc5Oc5ccccc54)cc3)nc(-c3ccccc3)n2)cc1. The van der Waals surface area contributed by atoms with E-state index in [0.717, 1.165) is 89.4 Å². The van der Waals surface area contributed by atoms with Crippen LogP contribution in [0, 0.1) is 0 Å². The molecule has 0 atom stereocenters. The number of pyridine rings is 1. The van der Waals surface area contributed by atoms with Crippen LogP contribution in [0.3, 0.4) is 0 Å². The maximum Gasteiger partial charge on any atom is 0.160 e. The summed E-state index contributed by atoms with van der Waals surface area (Å²) in [6, 6.07) is 79.6. The minimum Gasteiger partial charge on any atom is -0.457 e. The monoisotopic (exact) mass is 815 g/mol. The van der Waals surface area contributed by atoms with E-state index in [1.807, 2.05) is 24.3 Å². The van der Waals surface area contributed by atoms with Crippen molar-refractivity contribution in [3.05, 3.63) is 247 Å². The van der Waals surface area contributed by atoms with E-state index < -0.39 is 5.41 Å². The van der Waals surface area contributed by atoms with Crippen molar-refractivity contribution < 1.29 is 4.74 Å². The topological polar surface area (TPSA) is 47.9 Å². The van der Waals surface area contributed by atoms with E-state index in [0.29, 0.717) is 5.82 Å². The van der Waals surface area contributed by atoms with Gasteiger partial charge in [-0.1, -0.05) is 194 Å². The molecular weight excluding hydrogens is 779 g/mol. The molecule has 1 aliphatic heterocycles. The van der Waals surface area contributed by atoms with Crippen molar-refractivity contribution in [1.82, 2.24) is 15.0 Å². The third-order valence-corrected chi connectivity index (χ3v) is 13.2. The van der Waals surface area contributed by atoms with Crippen molar-refractivity contribution >= 4 is 21.7 Å². The van der Waals surface area contributed by atoms with E-state index in [1.165, 1.54) is 27.6 Å². The Bertz CT molecular complexity index is 3520. The molecule has 0 radical (unpaired) electrons. The van der Waals surface area contributed by atoms with Crippen molar-refractivity contribution in [2.45, 2.75) is 5.41 Å². The first-order valence-electron chi connectivity index (χ1n) is 21.8. The zero-order valence-corrected chi connectivity index (χ0v) is 34.6. The van der Waals surface area contributed by atoms with Gasteiger partial charge in [-0.2, -0.15) is 0 Å². The number of ether oxygens (including phenoxy) is 1. The predicted octanol–water partition coefficient (Wildman–Crippen LogP) is 15.0. The molecule has 0 bridgehead atoms. The highest BCUT2D eigenvalue weighted by atomic mass is 16.5. The van der Waals surface area contributed by atoms with Gasteiger partial charge in [-0.15, -0.1) is 0 Å². The molecule has 4 nitrogen and oxygen atoms in total. The average Bonchev–Trinajstić information content (AvgIpc) is 3.66. The van der Waals surface area contributed by atoms with E-state index in [1.54, 1.807) is 0 Å². The molecule has 3 heterocycles. The van der Waals surface area contributed by atoms with Gasteiger partial charge in [0, 0.05) is 49.5 Å². The summed E-state index contributed by atoms with van der Waals surface area (Å²) in [4.78, 5) is 15.5. The van der Waals surface area contributed by atoms with E-state index in [-0.39, 0.29) is 0 Å². The molecule has 0 N–H and O–H groups in total. The normalized spacial score (nSPS) is 12.9. The van der Waals surface area contributed by atoms with Gasteiger partial charge in [0.1, 0.15) is 11.5 Å². The zero-order valence-electron chi connectivity index (χ0n) is 34.6. The van der Waals surface area contributed by atoms with Gasteiger partial charge in [0.05, 0.1) is 28.0 Å². The predicted molar refractivity (Wildman–Crippen MR) is 259 cm³/mol. The van der Waals surface area contributed by atoms with E-state index in [2.05, 4.69) is 200 Å². The van der Waals surface area contributed by atoms with Crippen LogP contribution in [0.4, 0.5) is 0 Å². The van der Waals surface area contributed by atoms with Crippen LogP contribution in [-0.4, -0.2) is 15.0 Å². The molecule has 64 heavy (non-hydrogen) atoms. The summed E-state index contributed by atoms with van der Waals surface area (Å²) >= 11 is 0. The molecule has 0 saturated carbocycles. The Morgan fingerprint density at radius 2 is 0.875 bits per heavy atom. The second-order valence-corrected chi connectivity index (χ2v) is 16.6. The van der Waals surface area contributed by atoms with E-state index in [4.69, 9.17) is 19.7 Å². The fourth-order valence-corrected chi connectivity index (χ4v) is 10.3. The number of nitrogens with zero attached hydrogens (tertiary/aromatic N) is 3. The number of fused-ring (bicyclic) bond motifs is 13. The molecule has 13 rings (SSSR count). The lowest BCUT2D eigenvalue weighted by Crippen LogP contribution is -2.32. The average molecular weight is 816 g/mol. The molecule has 1 spiro atoms. The summed E-state index contributed by atoms with van der Waals surface area (Å²) in [5, 5.41) is 3.47. The summed E-state index contributed by atoms with van der Waals surface area (Å²) in [7, 11) is 0. The van der Waals surface area contributed by atoms with Gasteiger partial charge in [0.15, 0.2) is 5.82 Å². The van der Waals surface area contributed by atoms with Crippen LogP contribution in [0.25, 0.3) is 89.1 Å². The van der Waals surface area contributed by atoms with Crippen LogP contribution in [0.5, 0.6) is 11.5 Å². The summed E-state index contributed by atoms with van der Waals surface area (Å²) in [5.41, 5.74) is 16.7. The summed E-state index contributed by atoms with van der Waals surface area (Å²) in [6.07, 6.45) is 0. The smallest absolute Gasteiger partial charge is 0.160 e. The lowest BCUT2D eigenvalue weighted by molar-refractivity contribution is 0.436. The van der Waals surface area contributed by atoms with Crippen molar-refractivity contribution in [1.29, 1.82) is 0 Å². The van der Waals surface area contributed by atoms with Gasteiger partial charge in [-0.05, 0) is 63.7 Å². The Balaban J connectivity index is 1.04. The fraction of sp³-hybridized carbons (Fsp3) is 0.0167. The lowest BCUT2D eigenvalue weighted by atomic mass is 9.66. The summed E-state index contributed by atoms with van der Waals surface area (Å²) < 4.78 is 6.72. The van der Waals surface area contributed by atoms with Crippen molar-refractivity contribution in [3.63, 3.8) is 0 Å². The quantitative estimate of drug-likeness (QED) is 0.162. The molecular formula is C60H37N3O. The van der Waals surface area contributed by atoms with Crippen molar-refractivity contribution in [2.24, 2.45) is 0 Å². The van der Waals surface area contributed by atoms with Crippen LogP contribution < -0.4 is 4.74 Å². The summed E-state index contributed by atoms with van der Waals surface area (Å²) in [6.45, 7) is 0. The minimum absolute atomic E-state index is 0.621. The Hall–Kier alpha value is -8.47. The number of hydrogen-bond donors (Lipinski definition) is 0. The Labute approximate surface area is 370 Å². The Kier molecular flexibility index (Phi) is 8.09. The highest BCUT2D eigenvalue weighted by Crippen LogP contribution is 2.64. The molecule has 298 valence electrons. The number of aromatic nitrogens is 3. The maximum atomic E-state index is 6.72. The van der Waals surface area contributed by atoms with Crippen LogP contribution >= 0.6 is 0 Å². The molecule has 0 amide bonds. The van der Waals surface area contributed by atoms with Gasteiger partial charge < -0.3 is 4.74 Å². The highest BCUT2D eigenvalue weighted by Gasteiger charge is 2.51. The molecule has 9 aromatic carbocycles. The molecule has 0 fully saturated rings. The van der Waals surface area contributed by atoms with E-state index >= 15 is 0 Å². The van der Waals surface area contributed by atoms with Gasteiger partial charge >= 0.3 is 0 Å². The van der Waals surface area contributed by atoms with Crippen molar-refractivity contribution in [2.75, 3.05) is 0 Å². The lowest BCUT2D eigenvalue weighted by Gasteiger charge is -2.39.